The first-order chi connectivity index (χ1) is 30.3. The lowest BCUT2D eigenvalue weighted by molar-refractivity contribution is 0.445. The number of anilines is 3. The maximum Gasteiger partial charge on any atom is 0.143 e. The van der Waals surface area contributed by atoms with Crippen molar-refractivity contribution in [3.8, 4) is 27.9 Å². The van der Waals surface area contributed by atoms with E-state index in [0.717, 1.165) is 61.3 Å². The largest absolute Gasteiger partial charge is 0.455 e. The highest BCUT2D eigenvalue weighted by molar-refractivity contribution is 6.15. The summed E-state index contributed by atoms with van der Waals surface area (Å²) in [5, 5.41) is 7.39. The molecular weight excluding hydrogens is 741 g/mol. The number of nitrogens with zero attached hydrogens (tertiary/aromatic N) is 2. The number of hydrogen-bond acceptors (Lipinski definition) is 2. The van der Waals surface area contributed by atoms with E-state index in [4.69, 9.17) is 4.42 Å². The average Bonchev–Trinajstić information content (AvgIpc) is 3.89. The Labute approximate surface area is 355 Å². The second-order valence-corrected chi connectivity index (χ2v) is 16.6. The van der Waals surface area contributed by atoms with E-state index in [1.165, 1.54) is 75.9 Å². The van der Waals surface area contributed by atoms with E-state index in [2.05, 4.69) is 204 Å². The van der Waals surface area contributed by atoms with E-state index >= 15 is 0 Å². The Bertz CT molecular complexity index is 3420. The minimum Gasteiger partial charge on any atom is -0.455 e. The van der Waals surface area contributed by atoms with E-state index in [1.54, 1.807) is 0 Å². The number of fused-ring (bicyclic) bond motifs is 7. The first-order valence-corrected chi connectivity index (χ1v) is 21.8. The second-order valence-electron chi connectivity index (χ2n) is 16.6. The summed E-state index contributed by atoms with van der Waals surface area (Å²) in [4.78, 5) is 2.51. The third-order valence-corrected chi connectivity index (χ3v) is 13.2. The van der Waals surface area contributed by atoms with Crippen molar-refractivity contribution in [3.63, 3.8) is 0 Å². The molecule has 0 bridgehead atoms. The van der Waals surface area contributed by atoms with Gasteiger partial charge < -0.3 is 13.9 Å². The number of benzene rings is 9. The Hall–Kier alpha value is -7.36. The third kappa shape index (κ3) is 5.87. The molecule has 3 heteroatoms. The van der Waals surface area contributed by atoms with Crippen molar-refractivity contribution in [2.75, 3.05) is 4.90 Å². The van der Waals surface area contributed by atoms with Crippen LogP contribution in [0.15, 0.2) is 205 Å². The van der Waals surface area contributed by atoms with Gasteiger partial charge in [0.15, 0.2) is 0 Å². The zero-order valence-corrected chi connectivity index (χ0v) is 34.0. The van der Waals surface area contributed by atoms with Gasteiger partial charge in [-0.25, -0.2) is 0 Å². The first-order valence-electron chi connectivity index (χ1n) is 21.8. The van der Waals surface area contributed by atoms with Gasteiger partial charge in [-0.15, -0.1) is 0 Å². The van der Waals surface area contributed by atoms with Crippen LogP contribution in [0.3, 0.4) is 0 Å². The molecule has 11 aromatic rings. The highest BCUT2D eigenvalue weighted by Gasteiger charge is 2.26. The summed E-state index contributed by atoms with van der Waals surface area (Å²) in [5.74, 6) is 0.565. The molecule has 0 atom stereocenters. The molecule has 292 valence electrons. The fourth-order valence-corrected chi connectivity index (χ4v) is 10.5. The van der Waals surface area contributed by atoms with Gasteiger partial charge in [0.2, 0.25) is 0 Å². The molecule has 0 amide bonds. The van der Waals surface area contributed by atoms with Crippen LogP contribution in [0.25, 0.3) is 82.5 Å². The van der Waals surface area contributed by atoms with Crippen LogP contribution in [0.1, 0.15) is 43.6 Å². The van der Waals surface area contributed by atoms with Crippen LogP contribution in [0.4, 0.5) is 17.1 Å². The maximum atomic E-state index is 6.63. The number of rotatable bonds is 7. The van der Waals surface area contributed by atoms with Crippen LogP contribution in [0, 0.1) is 0 Å². The highest BCUT2D eigenvalue weighted by Crippen LogP contribution is 2.49. The predicted octanol–water partition coefficient (Wildman–Crippen LogP) is 16.7. The zero-order valence-electron chi connectivity index (χ0n) is 34.0. The molecule has 1 fully saturated rings. The highest BCUT2D eigenvalue weighted by atomic mass is 16.3. The molecule has 12 rings (SSSR count). The molecule has 2 aromatic heterocycles. The van der Waals surface area contributed by atoms with Crippen LogP contribution in [-0.4, -0.2) is 4.57 Å². The van der Waals surface area contributed by atoms with E-state index in [9.17, 15) is 0 Å². The minimum absolute atomic E-state index is 0.565. The molecule has 1 saturated carbocycles. The molecule has 0 saturated heterocycles. The molecule has 0 aliphatic heterocycles. The Kier molecular flexibility index (Phi) is 8.59. The van der Waals surface area contributed by atoms with Crippen LogP contribution in [0.2, 0.25) is 0 Å². The number of furan rings is 1. The molecule has 2 heterocycles. The van der Waals surface area contributed by atoms with Crippen molar-refractivity contribution in [2.45, 2.75) is 38.0 Å². The Balaban J connectivity index is 1.15. The zero-order chi connectivity index (χ0) is 40.3. The van der Waals surface area contributed by atoms with Gasteiger partial charge in [-0.2, -0.15) is 0 Å². The van der Waals surface area contributed by atoms with Gasteiger partial charge in [-0.05, 0) is 94.8 Å². The second kappa shape index (κ2) is 14.7. The summed E-state index contributed by atoms with van der Waals surface area (Å²) in [6.07, 6.45) is 6.42. The van der Waals surface area contributed by atoms with E-state index in [-0.39, 0.29) is 0 Å². The van der Waals surface area contributed by atoms with E-state index in [1.807, 2.05) is 6.07 Å². The van der Waals surface area contributed by atoms with Crippen molar-refractivity contribution in [3.05, 3.63) is 206 Å². The molecule has 0 radical (unpaired) electrons. The quantitative estimate of drug-likeness (QED) is 0.161. The van der Waals surface area contributed by atoms with Gasteiger partial charge in [-0.1, -0.05) is 171 Å². The number of aromatic nitrogens is 1. The topological polar surface area (TPSA) is 21.3 Å². The Morgan fingerprint density at radius 3 is 2.03 bits per heavy atom. The molecule has 1 aliphatic carbocycles. The first kappa shape index (κ1) is 35.6. The Morgan fingerprint density at radius 1 is 0.475 bits per heavy atom. The fourth-order valence-electron chi connectivity index (χ4n) is 10.5. The summed E-state index contributed by atoms with van der Waals surface area (Å²) in [6, 6.07) is 73.3. The van der Waals surface area contributed by atoms with Crippen molar-refractivity contribution < 1.29 is 4.42 Å². The SMILES string of the molecule is c1ccc(-n2c3ccccc3c3cccc(N(c4cccc(-c5cccc6c5oc5ccccc56)c4)c4ccccc4-c4cccc5cccc(C6CCCCC6)c45)c32)cc1. The fraction of sp³-hybridized carbons (Fsp3) is 0.103. The van der Waals surface area contributed by atoms with Gasteiger partial charge in [0.05, 0.1) is 22.4 Å². The van der Waals surface area contributed by atoms with Crippen molar-refractivity contribution in [1.82, 2.24) is 4.57 Å². The van der Waals surface area contributed by atoms with Gasteiger partial charge in [0.25, 0.3) is 0 Å². The standard InChI is InChI=1S/C58H44N2O/c1-3-18-39(19-4-1)44-29-14-20-40-21-15-31-49(56(40)44)46-26-7-10-34-52(46)59(43-25-13-22-41(38-43)45-30-16-33-51-48-28-9-12-37-55(48)61-58(45)51)54-36-17-32-50-47-27-8-11-35-53(47)60(57(50)54)42-23-5-2-6-24-42/h2,5-17,20-39H,1,3-4,18-19H2. The van der Waals surface area contributed by atoms with Gasteiger partial charge in [-0.3, -0.25) is 0 Å². The number of hydrogen-bond donors (Lipinski definition) is 0. The summed E-state index contributed by atoms with van der Waals surface area (Å²) < 4.78 is 9.08. The lowest BCUT2D eigenvalue weighted by atomic mass is 9.80. The summed E-state index contributed by atoms with van der Waals surface area (Å²) >= 11 is 0. The normalized spacial score (nSPS) is 13.5. The summed E-state index contributed by atoms with van der Waals surface area (Å²) in [6.45, 7) is 0. The maximum absolute atomic E-state index is 6.63. The molecule has 61 heavy (non-hydrogen) atoms. The molecule has 3 nitrogen and oxygen atoms in total. The molecule has 9 aromatic carbocycles. The van der Waals surface area contributed by atoms with Crippen molar-refractivity contribution in [1.29, 1.82) is 0 Å². The van der Waals surface area contributed by atoms with Gasteiger partial charge in [0.1, 0.15) is 11.2 Å². The predicted molar refractivity (Wildman–Crippen MR) is 257 cm³/mol. The van der Waals surface area contributed by atoms with E-state index < -0.39 is 0 Å². The third-order valence-electron chi connectivity index (χ3n) is 13.2. The van der Waals surface area contributed by atoms with Crippen LogP contribution < -0.4 is 4.90 Å². The lowest BCUT2D eigenvalue weighted by Gasteiger charge is -2.30. The van der Waals surface area contributed by atoms with Crippen LogP contribution in [-0.2, 0) is 0 Å². The van der Waals surface area contributed by atoms with E-state index in [0.29, 0.717) is 5.92 Å². The van der Waals surface area contributed by atoms with Gasteiger partial charge in [0, 0.05) is 44.0 Å². The monoisotopic (exact) mass is 784 g/mol. The molecular formula is C58H44N2O. The minimum atomic E-state index is 0.565. The van der Waals surface area contributed by atoms with Crippen LogP contribution in [0.5, 0.6) is 0 Å². The smallest absolute Gasteiger partial charge is 0.143 e. The lowest BCUT2D eigenvalue weighted by Crippen LogP contribution is -2.13. The molecule has 1 aliphatic rings. The van der Waals surface area contributed by atoms with Crippen LogP contribution >= 0.6 is 0 Å². The number of para-hydroxylation sites is 6. The average molecular weight is 785 g/mol. The Morgan fingerprint density at radius 2 is 1.13 bits per heavy atom. The summed E-state index contributed by atoms with van der Waals surface area (Å²) in [5.41, 5.74) is 14.7. The molecule has 0 spiro atoms. The molecule has 0 unspecified atom stereocenters. The summed E-state index contributed by atoms with van der Waals surface area (Å²) in [7, 11) is 0. The molecule has 0 N–H and O–H groups in total. The van der Waals surface area contributed by atoms with Crippen molar-refractivity contribution in [2.24, 2.45) is 0 Å². The van der Waals surface area contributed by atoms with Crippen molar-refractivity contribution >= 4 is 71.6 Å². The van der Waals surface area contributed by atoms with Gasteiger partial charge >= 0.3 is 0 Å².